The molecule has 1 aliphatic heterocycles. The van der Waals surface area contributed by atoms with Crippen LogP contribution in [0.25, 0.3) is 0 Å². The lowest BCUT2D eigenvalue weighted by atomic mass is 10.2. The summed E-state index contributed by atoms with van der Waals surface area (Å²) >= 11 is 0. The van der Waals surface area contributed by atoms with E-state index in [1.165, 1.54) is 28.6 Å². The largest absolute Gasteiger partial charge is 0.325 e. The minimum Gasteiger partial charge on any atom is -0.325 e. The van der Waals surface area contributed by atoms with Crippen LogP contribution in [0.1, 0.15) is 5.56 Å². The molecule has 0 aromatic heterocycles. The zero-order valence-corrected chi connectivity index (χ0v) is 16.8. The predicted molar refractivity (Wildman–Crippen MR) is 108 cm³/mol. The summed E-state index contributed by atoms with van der Waals surface area (Å²) in [6.45, 7) is 3.52. The summed E-state index contributed by atoms with van der Waals surface area (Å²) in [5.74, 6) is -0.256. The fraction of sp³-hybridized carbons (Fsp3) is 0.316. The number of nitro groups is 1. The van der Waals surface area contributed by atoms with E-state index in [1.807, 2.05) is 11.8 Å². The number of non-ortho nitro benzene ring substituents is 1. The van der Waals surface area contributed by atoms with Gasteiger partial charge in [-0.3, -0.25) is 19.8 Å². The average Bonchev–Trinajstić information content (AvgIpc) is 2.69. The first kappa shape index (κ1) is 20.9. The van der Waals surface area contributed by atoms with Gasteiger partial charge in [-0.05, 0) is 31.2 Å². The van der Waals surface area contributed by atoms with Gasteiger partial charge in [0.25, 0.3) is 5.69 Å². The van der Waals surface area contributed by atoms with E-state index in [0.29, 0.717) is 31.9 Å². The summed E-state index contributed by atoms with van der Waals surface area (Å²) in [4.78, 5) is 24.5. The normalized spacial score (nSPS) is 15.8. The molecule has 0 saturated carbocycles. The molecule has 29 heavy (non-hydrogen) atoms. The maximum Gasteiger partial charge on any atom is 0.269 e. The van der Waals surface area contributed by atoms with Gasteiger partial charge in [0.2, 0.25) is 15.9 Å². The van der Waals surface area contributed by atoms with Gasteiger partial charge in [-0.15, -0.1) is 0 Å². The summed E-state index contributed by atoms with van der Waals surface area (Å²) < 4.78 is 26.9. The third-order valence-electron chi connectivity index (χ3n) is 4.72. The highest BCUT2D eigenvalue weighted by Crippen LogP contribution is 2.19. The predicted octanol–water partition coefficient (Wildman–Crippen LogP) is 1.85. The van der Waals surface area contributed by atoms with Crippen LogP contribution in [0.15, 0.2) is 53.4 Å². The number of aryl methyl sites for hydroxylation is 1. The van der Waals surface area contributed by atoms with Crippen molar-refractivity contribution in [2.75, 3.05) is 38.0 Å². The zero-order chi connectivity index (χ0) is 21.0. The number of piperazine rings is 1. The molecule has 0 bridgehead atoms. The number of nitrogens with zero attached hydrogens (tertiary/aromatic N) is 3. The summed E-state index contributed by atoms with van der Waals surface area (Å²) in [7, 11) is -3.54. The van der Waals surface area contributed by atoms with E-state index in [4.69, 9.17) is 0 Å². The first-order valence-electron chi connectivity index (χ1n) is 9.09. The second-order valence-corrected chi connectivity index (χ2v) is 8.78. The molecule has 0 radical (unpaired) electrons. The highest BCUT2D eigenvalue weighted by Gasteiger charge is 2.29. The smallest absolute Gasteiger partial charge is 0.269 e. The number of anilines is 1. The van der Waals surface area contributed by atoms with Crippen molar-refractivity contribution in [2.45, 2.75) is 11.8 Å². The SMILES string of the molecule is Cc1ccc(S(=O)(=O)N2CCN(CC(=O)Nc3ccc([N+](=O)[O-])cc3)CC2)cc1. The molecule has 0 unspecified atom stereocenters. The van der Waals surface area contributed by atoms with Gasteiger partial charge in [0.15, 0.2) is 0 Å². The van der Waals surface area contributed by atoms with Crippen molar-refractivity contribution in [2.24, 2.45) is 0 Å². The molecule has 0 spiro atoms. The molecule has 1 saturated heterocycles. The number of benzene rings is 2. The van der Waals surface area contributed by atoms with Crippen LogP contribution in [0, 0.1) is 17.0 Å². The van der Waals surface area contributed by atoms with Crippen LogP contribution in [0.3, 0.4) is 0 Å². The molecular weight excluding hydrogens is 396 g/mol. The Morgan fingerprint density at radius 3 is 2.17 bits per heavy atom. The second-order valence-electron chi connectivity index (χ2n) is 6.85. The van der Waals surface area contributed by atoms with Gasteiger partial charge in [-0.1, -0.05) is 17.7 Å². The molecule has 2 aromatic carbocycles. The summed E-state index contributed by atoms with van der Waals surface area (Å²) in [5, 5.41) is 13.4. The number of nitrogens with one attached hydrogen (secondary N) is 1. The van der Waals surface area contributed by atoms with Gasteiger partial charge in [-0.2, -0.15) is 4.31 Å². The van der Waals surface area contributed by atoms with Crippen LogP contribution < -0.4 is 5.32 Å². The second kappa shape index (κ2) is 8.68. The quantitative estimate of drug-likeness (QED) is 0.566. The molecule has 0 atom stereocenters. The van der Waals surface area contributed by atoms with Crippen molar-refractivity contribution in [3.05, 3.63) is 64.2 Å². The van der Waals surface area contributed by atoms with Gasteiger partial charge in [0.1, 0.15) is 0 Å². The van der Waals surface area contributed by atoms with E-state index in [0.717, 1.165) is 5.56 Å². The number of rotatable bonds is 6. The Morgan fingerprint density at radius 2 is 1.62 bits per heavy atom. The molecule has 1 N–H and O–H groups in total. The number of carbonyl (C=O) groups is 1. The Morgan fingerprint density at radius 1 is 1.03 bits per heavy atom. The molecule has 9 nitrogen and oxygen atoms in total. The number of amides is 1. The van der Waals surface area contributed by atoms with Crippen molar-refractivity contribution in [3.8, 4) is 0 Å². The van der Waals surface area contributed by atoms with Crippen LogP contribution >= 0.6 is 0 Å². The highest BCUT2D eigenvalue weighted by atomic mass is 32.2. The Kier molecular flexibility index (Phi) is 6.26. The van der Waals surface area contributed by atoms with E-state index in [1.54, 1.807) is 24.3 Å². The van der Waals surface area contributed by atoms with Gasteiger partial charge < -0.3 is 5.32 Å². The molecule has 154 valence electrons. The van der Waals surface area contributed by atoms with Gasteiger partial charge in [0.05, 0.1) is 16.4 Å². The molecule has 3 rings (SSSR count). The standard InChI is InChI=1S/C19H22N4O5S/c1-15-2-8-18(9-3-15)29(27,28)22-12-10-21(11-13-22)14-19(24)20-16-4-6-17(7-5-16)23(25)26/h2-9H,10-14H2,1H3,(H,20,24). The minimum atomic E-state index is -3.54. The fourth-order valence-electron chi connectivity index (χ4n) is 3.06. The molecule has 10 heteroatoms. The number of hydrogen-bond acceptors (Lipinski definition) is 6. The third kappa shape index (κ3) is 5.17. The van der Waals surface area contributed by atoms with Crippen LogP contribution in [-0.2, 0) is 14.8 Å². The molecule has 1 fully saturated rings. The first-order valence-corrected chi connectivity index (χ1v) is 10.5. The zero-order valence-electron chi connectivity index (χ0n) is 15.9. The van der Waals surface area contributed by atoms with Crippen molar-refractivity contribution in [1.29, 1.82) is 0 Å². The maximum absolute atomic E-state index is 12.7. The van der Waals surface area contributed by atoms with Crippen molar-refractivity contribution >= 4 is 27.3 Å². The summed E-state index contributed by atoms with van der Waals surface area (Å²) in [5.41, 5.74) is 1.42. The van der Waals surface area contributed by atoms with E-state index in [2.05, 4.69) is 5.32 Å². The number of carbonyl (C=O) groups excluding carboxylic acids is 1. The van der Waals surface area contributed by atoms with E-state index < -0.39 is 14.9 Å². The van der Waals surface area contributed by atoms with E-state index in [-0.39, 0.29) is 23.0 Å². The molecule has 1 heterocycles. The highest BCUT2D eigenvalue weighted by molar-refractivity contribution is 7.89. The molecular formula is C19H22N4O5S. The lowest BCUT2D eigenvalue weighted by Gasteiger charge is -2.33. The average molecular weight is 418 g/mol. The summed E-state index contributed by atoms with van der Waals surface area (Å²) in [6.07, 6.45) is 0. The third-order valence-corrected chi connectivity index (χ3v) is 6.63. The lowest BCUT2D eigenvalue weighted by Crippen LogP contribution is -2.50. The van der Waals surface area contributed by atoms with Crippen molar-refractivity contribution < 1.29 is 18.1 Å². The first-order chi connectivity index (χ1) is 13.8. The van der Waals surface area contributed by atoms with Crippen LogP contribution in [-0.4, -0.2) is 61.2 Å². The number of hydrogen-bond donors (Lipinski definition) is 1. The Balaban J connectivity index is 1.52. The van der Waals surface area contributed by atoms with Crippen molar-refractivity contribution in [1.82, 2.24) is 9.21 Å². The Bertz CT molecular complexity index is 982. The monoisotopic (exact) mass is 418 g/mol. The van der Waals surface area contributed by atoms with E-state index in [9.17, 15) is 23.3 Å². The molecule has 0 aliphatic carbocycles. The van der Waals surface area contributed by atoms with Crippen LogP contribution in [0.5, 0.6) is 0 Å². The molecule has 1 amide bonds. The topological polar surface area (TPSA) is 113 Å². The van der Waals surface area contributed by atoms with Gasteiger partial charge in [-0.25, -0.2) is 8.42 Å². The van der Waals surface area contributed by atoms with Crippen LogP contribution in [0.4, 0.5) is 11.4 Å². The Hall–Kier alpha value is -2.82. The van der Waals surface area contributed by atoms with Gasteiger partial charge >= 0.3 is 0 Å². The fourth-order valence-corrected chi connectivity index (χ4v) is 4.48. The van der Waals surface area contributed by atoms with Gasteiger partial charge in [0, 0.05) is 44.0 Å². The molecule has 2 aromatic rings. The number of nitro benzene ring substituents is 1. The summed E-state index contributed by atoms with van der Waals surface area (Å²) in [6, 6.07) is 12.3. The Labute approximate surface area is 169 Å². The minimum absolute atomic E-state index is 0.0473. The number of sulfonamides is 1. The van der Waals surface area contributed by atoms with Crippen molar-refractivity contribution in [3.63, 3.8) is 0 Å². The maximum atomic E-state index is 12.7. The lowest BCUT2D eigenvalue weighted by molar-refractivity contribution is -0.384. The van der Waals surface area contributed by atoms with E-state index >= 15 is 0 Å². The molecule has 1 aliphatic rings. The van der Waals surface area contributed by atoms with Crippen LogP contribution in [0.2, 0.25) is 0 Å².